The van der Waals surface area contributed by atoms with Gasteiger partial charge in [0.2, 0.25) is 0 Å². The van der Waals surface area contributed by atoms with Crippen LogP contribution in [0.15, 0.2) is 176 Å². The van der Waals surface area contributed by atoms with E-state index in [4.69, 9.17) is 0 Å². The van der Waals surface area contributed by atoms with Crippen molar-refractivity contribution < 1.29 is 0 Å². The molecular formula is C52H38N2. The van der Waals surface area contributed by atoms with Gasteiger partial charge in [-0.15, -0.1) is 0 Å². The molecule has 0 unspecified atom stereocenters. The molecule has 0 saturated heterocycles. The first-order valence-electron chi connectivity index (χ1n) is 18.9. The van der Waals surface area contributed by atoms with E-state index in [1.807, 2.05) is 0 Å². The molecule has 0 aliphatic heterocycles. The number of hydrogen-bond donors (Lipinski definition) is 0. The van der Waals surface area contributed by atoms with Gasteiger partial charge >= 0.3 is 0 Å². The van der Waals surface area contributed by atoms with E-state index in [0.717, 1.165) is 11.4 Å². The molecule has 0 amide bonds. The Labute approximate surface area is 314 Å². The third-order valence-corrected chi connectivity index (χ3v) is 12.1. The Hall–Kier alpha value is -6.64. The number of anilines is 3. The highest BCUT2D eigenvalue weighted by Crippen LogP contribution is 2.55. The minimum atomic E-state index is -0.283. The second-order valence-electron chi connectivity index (χ2n) is 15.2. The number of para-hydroxylation sites is 3. The van der Waals surface area contributed by atoms with Crippen molar-refractivity contribution in [1.82, 2.24) is 4.40 Å². The van der Waals surface area contributed by atoms with Crippen LogP contribution in [0.3, 0.4) is 0 Å². The Kier molecular flexibility index (Phi) is 6.41. The fourth-order valence-corrected chi connectivity index (χ4v) is 10.0. The standard InChI is InChI=1S/C52H38N2/c1-5-16-38-40-22-14-27-47(49(40)52(3,4)45(38)6-2)53(32-29-30-37-35-19-8-7-17-33(35)34-18-9-10-20-36(34)44(37)31-32)48-28-15-25-43-42-24-13-23-41-39-21-11-12-26-46(39)54(50(41)42)51(43)48/h5-31H,2H2,1,3-4H3/b16-5-. The van der Waals surface area contributed by atoms with Gasteiger partial charge < -0.3 is 9.30 Å². The SMILES string of the molecule is C=CC1=C(/C=C\C)c2cccc(N(c3ccc4c5ccccc5c5ccccc5c4c3)c3cccc4c5cccc6c7ccccc7n(c34)c65)c2C1(C)C. The molecule has 0 atom stereocenters. The zero-order valence-corrected chi connectivity index (χ0v) is 30.7. The van der Waals surface area contributed by atoms with Crippen molar-refractivity contribution in [2.24, 2.45) is 0 Å². The monoisotopic (exact) mass is 690 g/mol. The van der Waals surface area contributed by atoms with E-state index in [1.165, 1.54) is 98.4 Å². The van der Waals surface area contributed by atoms with Gasteiger partial charge in [0.25, 0.3) is 0 Å². The molecule has 0 N–H and O–H groups in total. The van der Waals surface area contributed by atoms with Gasteiger partial charge in [-0.2, -0.15) is 0 Å². The Morgan fingerprint density at radius 2 is 1.07 bits per heavy atom. The molecular weight excluding hydrogens is 653 g/mol. The summed E-state index contributed by atoms with van der Waals surface area (Å²) >= 11 is 0. The fraction of sp³-hybridized carbons (Fsp3) is 0.0769. The smallest absolute Gasteiger partial charge is 0.0782 e. The van der Waals surface area contributed by atoms with E-state index >= 15 is 0 Å². The first kappa shape index (κ1) is 30.9. The maximum Gasteiger partial charge on any atom is 0.0782 e. The van der Waals surface area contributed by atoms with Crippen molar-refractivity contribution in [3.05, 3.63) is 187 Å². The van der Waals surface area contributed by atoms with Crippen molar-refractivity contribution >= 4 is 93.0 Å². The highest BCUT2D eigenvalue weighted by Gasteiger charge is 2.39. The molecule has 2 heterocycles. The Morgan fingerprint density at radius 3 is 1.76 bits per heavy atom. The fourth-order valence-electron chi connectivity index (χ4n) is 10.0. The summed E-state index contributed by atoms with van der Waals surface area (Å²) in [7, 11) is 0. The van der Waals surface area contributed by atoms with Crippen molar-refractivity contribution in [3.63, 3.8) is 0 Å². The van der Waals surface area contributed by atoms with Gasteiger partial charge in [0.15, 0.2) is 0 Å². The highest BCUT2D eigenvalue weighted by atomic mass is 15.2. The number of nitrogens with zero attached hydrogens (tertiary/aromatic N) is 2. The van der Waals surface area contributed by atoms with E-state index < -0.39 is 0 Å². The summed E-state index contributed by atoms with van der Waals surface area (Å²) in [6.07, 6.45) is 6.47. The number of aromatic nitrogens is 1. The van der Waals surface area contributed by atoms with Gasteiger partial charge in [-0.1, -0.05) is 154 Å². The first-order chi connectivity index (χ1) is 26.5. The molecule has 0 spiro atoms. The summed E-state index contributed by atoms with van der Waals surface area (Å²) in [6.45, 7) is 11.2. The van der Waals surface area contributed by atoms with Crippen LogP contribution < -0.4 is 4.90 Å². The summed E-state index contributed by atoms with van der Waals surface area (Å²) in [5.74, 6) is 0. The van der Waals surface area contributed by atoms with E-state index in [2.05, 4.69) is 200 Å². The molecule has 54 heavy (non-hydrogen) atoms. The molecule has 0 radical (unpaired) electrons. The van der Waals surface area contributed by atoms with Crippen LogP contribution in [-0.4, -0.2) is 4.40 Å². The second kappa shape index (κ2) is 11.2. The lowest BCUT2D eigenvalue weighted by molar-refractivity contribution is 0.655. The number of rotatable bonds is 5. The van der Waals surface area contributed by atoms with Crippen LogP contribution in [0.5, 0.6) is 0 Å². The number of allylic oxidation sites excluding steroid dienone is 5. The molecule has 2 aromatic heterocycles. The third kappa shape index (κ3) is 3.95. The van der Waals surface area contributed by atoms with Crippen molar-refractivity contribution in [1.29, 1.82) is 0 Å². The maximum absolute atomic E-state index is 4.34. The van der Waals surface area contributed by atoms with E-state index in [1.54, 1.807) is 0 Å². The van der Waals surface area contributed by atoms with Crippen molar-refractivity contribution in [2.75, 3.05) is 4.90 Å². The second-order valence-corrected chi connectivity index (χ2v) is 15.2. The summed E-state index contributed by atoms with van der Waals surface area (Å²) < 4.78 is 2.52. The van der Waals surface area contributed by atoms with Gasteiger partial charge in [-0.3, -0.25) is 0 Å². The molecule has 10 aromatic rings. The van der Waals surface area contributed by atoms with Gasteiger partial charge in [0.05, 0.1) is 27.9 Å². The minimum Gasteiger partial charge on any atom is -0.308 e. The lowest BCUT2D eigenvalue weighted by Gasteiger charge is -2.33. The first-order valence-corrected chi connectivity index (χ1v) is 18.9. The minimum absolute atomic E-state index is 0.283. The van der Waals surface area contributed by atoms with Crippen LogP contribution >= 0.6 is 0 Å². The highest BCUT2D eigenvalue weighted by molar-refractivity contribution is 6.27. The van der Waals surface area contributed by atoms with Crippen LogP contribution in [0.4, 0.5) is 17.1 Å². The van der Waals surface area contributed by atoms with Gasteiger partial charge in [0.1, 0.15) is 0 Å². The van der Waals surface area contributed by atoms with Crippen LogP contribution in [-0.2, 0) is 5.41 Å². The molecule has 8 aromatic carbocycles. The average molecular weight is 691 g/mol. The lowest BCUT2D eigenvalue weighted by atomic mass is 9.80. The quantitative estimate of drug-likeness (QED) is 0.163. The maximum atomic E-state index is 4.34. The summed E-state index contributed by atoms with van der Waals surface area (Å²) in [5.41, 5.74) is 12.0. The van der Waals surface area contributed by atoms with E-state index in [-0.39, 0.29) is 5.41 Å². The molecule has 256 valence electrons. The van der Waals surface area contributed by atoms with Gasteiger partial charge in [-0.05, 0) is 91.8 Å². The number of hydrogen-bond acceptors (Lipinski definition) is 1. The van der Waals surface area contributed by atoms with Crippen LogP contribution in [0.1, 0.15) is 31.9 Å². The molecule has 0 saturated carbocycles. The topological polar surface area (TPSA) is 7.65 Å². The third-order valence-electron chi connectivity index (χ3n) is 12.1. The van der Waals surface area contributed by atoms with Crippen LogP contribution in [0, 0.1) is 0 Å². The molecule has 0 bridgehead atoms. The summed E-state index contributed by atoms with van der Waals surface area (Å²) in [4.78, 5) is 2.55. The zero-order chi connectivity index (χ0) is 36.3. The van der Waals surface area contributed by atoms with Crippen LogP contribution in [0.25, 0.3) is 76.0 Å². The normalized spacial score (nSPS) is 14.3. The van der Waals surface area contributed by atoms with Gasteiger partial charge in [0, 0.05) is 32.6 Å². The van der Waals surface area contributed by atoms with Crippen molar-refractivity contribution in [2.45, 2.75) is 26.2 Å². The Balaban J connectivity index is 1.30. The molecule has 11 rings (SSSR count). The zero-order valence-electron chi connectivity index (χ0n) is 30.7. The predicted molar refractivity (Wildman–Crippen MR) is 233 cm³/mol. The molecule has 2 nitrogen and oxygen atoms in total. The average Bonchev–Trinajstić information content (AvgIpc) is 3.81. The Bertz CT molecular complexity index is 3240. The lowest BCUT2D eigenvalue weighted by Crippen LogP contribution is -2.21. The predicted octanol–water partition coefficient (Wildman–Crippen LogP) is 14.6. The van der Waals surface area contributed by atoms with Crippen molar-refractivity contribution in [3.8, 4) is 0 Å². The Morgan fingerprint density at radius 1 is 0.537 bits per heavy atom. The molecule has 1 aliphatic carbocycles. The van der Waals surface area contributed by atoms with E-state index in [9.17, 15) is 0 Å². The largest absolute Gasteiger partial charge is 0.308 e. The van der Waals surface area contributed by atoms with E-state index in [0.29, 0.717) is 0 Å². The summed E-state index contributed by atoms with van der Waals surface area (Å²) in [6, 6.07) is 54.2. The molecule has 0 fully saturated rings. The summed E-state index contributed by atoms with van der Waals surface area (Å²) in [5, 5.41) is 12.7. The molecule has 2 heteroatoms. The van der Waals surface area contributed by atoms with Gasteiger partial charge in [-0.25, -0.2) is 0 Å². The number of benzene rings is 8. The molecule has 1 aliphatic rings. The van der Waals surface area contributed by atoms with Crippen LogP contribution in [0.2, 0.25) is 0 Å². The number of fused-ring (bicyclic) bond motifs is 13.